The first kappa shape index (κ1) is 14.7. The monoisotopic (exact) mass is 249 g/mol. The standard InChI is InChI=1S/C14H23N3O/c1-11-4-6-13(7-5-11)16-14(18)10-17(3)9-8-12(2)15/h4-7,12H,8-10,15H2,1-3H3,(H,16,18). The van der Waals surface area contributed by atoms with Crippen molar-refractivity contribution >= 4 is 11.6 Å². The van der Waals surface area contributed by atoms with Crippen molar-refractivity contribution in [2.24, 2.45) is 5.73 Å². The van der Waals surface area contributed by atoms with Gasteiger partial charge in [-0.1, -0.05) is 17.7 Å². The second-order valence-electron chi connectivity index (χ2n) is 4.92. The molecule has 1 aromatic rings. The maximum atomic E-state index is 11.8. The number of carbonyl (C=O) groups is 1. The van der Waals surface area contributed by atoms with Gasteiger partial charge in [0.2, 0.25) is 5.91 Å². The molecule has 0 fully saturated rings. The van der Waals surface area contributed by atoms with E-state index < -0.39 is 0 Å². The van der Waals surface area contributed by atoms with Crippen LogP contribution in [0.1, 0.15) is 18.9 Å². The third-order valence-electron chi connectivity index (χ3n) is 2.72. The molecule has 0 bridgehead atoms. The van der Waals surface area contributed by atoms with Gasteiger partial charge in [-0.25, -0.2) is 0 Å². The summed E-state index contributed by atoms with van der Waals surface area (Å²) in [6.45, 7) is 5.22. The van der Waals surface area contributed by atoms with Crippen LogP contribution < -0.4 is 11.1 Å². The Morgan fingerprint density at radius 2 is 2.00 bits per heavy atom. The smallest absolute Gasteiger partial charge is 0.238 e. The van der Waals surface area contributed by atoms with Crippen molar-refractivity contribution in [3.8, 4) is 0 Å². The molecule has 3 N–H and O–H groups in total. The summed E-state index contributed by atoms with van der Waals surface area (Å²) in [4.78, 5) is 13.7. The number of anilines is 1. The van der Waals surface area contributed by atoms with Crippen LogP contribution in [0.15, 0.2) is 24.3 Å². The lowest BCUT2D eigenvalue weighted by molar-refractivity contribution is -0.117. The van der Waals surface area contributed by atoms with Crippen LogP contribution in [0.3, 0.4) is 0 Å². The number of rotatable bonds is 6. The van der Waals surface area contributed by atoms with E-state index in [0.717, 1.165) is 18.7 Å². The molecule has 0 heterocycles. The fourth-order valence-corrected chi connectivity index (χ4v) is 1.59. The van der Waals surface area contributed by atoms with Crippen LogP contribution in [0, 0.1) is 6.92 Å². The second kappa shape index (κ2) is 7.13. The van der Waals surface area contributed by atoms with Crippen LogP contribution >= 0.6 is 0 Å². The molecule has 0 radical (unpaired) electrons. The minimum atomic E-state index is 0.00558. The van der Waals surface area contributed by atoms with Gasteiger partial charge in [0, 0.05) is 11.7 Å². The quantitative estimate of drug-likeness (QED) is 0.805. The first-order valence-electron chi connectivity index (χ1n) is 6.28. The SMILES string of the molecule is Cc1ccc(NC(=O)CN(C)CCC(C)N)cc1. The van der Waals surface area contributed by atoms with E-state index in [2.05, 4.69) is 5.32 Å². The van der Waals surface area contributed by atoms with Crippen molar-refractivity contribution < 1.29 is 4.79 Å². The van der Waals surface area contributed by atoms with Gasteiger partial charge in [-0.3, -0.25) is 9.69 Å². The number of nitrogens with one attached hydrogen (secondary N) is 1. The van der Waals surface area contributed by atoms with Gasteiger partial charge in [0.15, 0.2) is 0 Å². The van der Waals surface area contributed by atoms with Crippen LogP contribution in [0.5, 0.6) is 0 Å². The van der Waals surface area contributed by atoms with E-state index >= 15 is 0 Å². The summed E-state index contributed by atoms with van der Waals surface area (Å²) < 4.78 is 0. The third-order valence-corrected chi connectivity index (χ3v) is 2.72. The van der Waals surface area contributed by atoms with Crippen molar-refractivity contribution in [2.75, 3.05) is 25.5 Å². The Labute approximate surface area is 109 Å². The average molecular weight is 249 g/mol. The predicted molar refractivity (Wildman–Crippen MR) is 75.6 cm³/mol. The molecule has 0 aliphatic heterocycles. The molecule has 1 amide bonds. The number of benzene rings is 1. The van der Waals surface area contributed by atoms with Crippen molar-refractivity contribution in [1.82, 2.24) is 4.90 Å². The Hall–Kier alpha value is -1.39. The van der Waals surface area contributed by atoms with Gasteiger partial charge in [0.25, 0.3) is 0 Å². The Balaban J connectivity index is 2.34. The molecule has 1 unspecified atom stereocenters. The molecule has 1 atom stereocenters. The summed E-state index contributed by atoms with van der Waals surface area (Å²) >= 11 is 0. The van der Waals surface area contributed by atoms with Gasteiger partial charge in [0.05, 0.1) is 6.54 Å². The molecule has 4 heteroatoms. The van der Waals surface area contributed by atoms with Crippen molar-refractivity contribution in [2.45, 2.75) is 26.3 Å². The molecular weight excluding hydrogens is 226 g/mol. The molecule has 1 aromatic carbocycles. The lowest BCUT2D eigenvalue weighted by atomic mass is 10.2. The highest BCUT2D eigenvalue weighted by atomic mass is 16.2. The summed E-state index contributed by atoms with van der Waals surface area (Å²) in [5, 5.41) is 2.88. The number of likely N-dealkylation sites (N-methyl/N-ethyl adjacent to an activating group) is 1. The van der Waals surface area contributed by atoms with Gasteiger partial charge in [-0.15, -0.1) is 0 Å². The Morgan fingerprint density at radius 3 is 2.56 bits per heavy atom. The zero-order valence-corrected chi connectivity index (χ0v) is 11.4. The molecule has 0 saturated heterocycles. The van der Waals surface area contributed by atoms with E-state index in [1.807, 2.05) is 50.1 Å². The third kappa shape index (κ3) is 5.80. The Morgan fingerprint density at radius 1 is 1.39 bits per heavy atom. The fourth-order valence-electron chi connectivity index (χ4n) is 1.59. The number of aryl methyl sites for hydroxylation is 1. The van der Waals surface area contributed by atoms with Crippen LogP contribution in [-0.4, -0.2) is 37.0 Å². The van der Waals surface area contributed by atoms with Crippen molar-refractivity contribution in [3.63, 3.8) is 0 Å². The van der Waals surface area contributed by atoms with Crippen LogP contribution in [-0.2, 0) is 4.79 Å². The molecule has 0 aromatic heterocycles. The van der Waals surface area contributed by atoms with Crippen LogP contribution in [0.25, 0.3) is 0 Å². The zero-order valence-electron chi connectivity index (χ0n) is 11.4. The summed E-state index contributed by atoms with van der Waals surface area (Å²) in [5.41, 5.74) is 7.70. The van der Waals surface area contributed by atoms with Crippen molar-refractivity contribution in [1.29, 1.82) is 0 Å². The summed E-state index contributed by atoms with van der Waals surface area (Å²) in [7, 11) is 1.93. The van der Waals surface area contributed by atoms with Gasteiger partial charge < -0.3 is 11.1 Å². The molecule has 0 aliphatic carbocycles. The lowest BCUT2D eigenvalue weighted by Crippen LogP contribution is -2.33. The molecular formula is C14H23N3O. The topological polar surface area (TPSA) is 58.4 Å². The molecule has 4 nitrogen and oxygen atoms in total. The summed E-state index contributed by atoms with van der Waals surface area (Å²) in [5.74, 6) is 0.00558. The number of hydrogen-bond acceptors (Lipinski definition) is 3. The Bertz CT molecular complexity index is 373. The molecule has 100 valence electrons. The zero-order chi connectivity index (χ0) is 13.5. The lowest BCUT2D eigenvalue weighted by Gasteiger charge is -2.17. The van der Waals surface area contributed by atoms with Crippen LogP contribution in [0.4, 0.5) is 5.69 Å². The maximum Gasteiger partial charge on any atom is 0.238 e. The highest BCUT2D eigenvalue weighted by Crippen LogP contribution is 2.08. The minimum Gasteiger partial charge on any atom is -0.328 e. The highest BCUT2D eigenvalue weighted by molar-refractivity contribution is 5.92. The number of amides is 1. The largest absolute Gasteiger partial charge is 0.328 e. The van der Waals surface area contributed by atoms with E-state index in [1.165, 1.54) is 5.56 Å². The van der Waals surface area contributed by atoms with Gasteiger partial charge >= 0.3 is 0 Å². The van der Waals surface area contributed by atoms with E-state index in [9.17, 15) is 4.79 Å². The normalized spacial score (nSPS) is 12.5. The number of carbonyl (C=O) groups excluding carboxylic acids is 1. The first-order valence-corrected chi connectivity index (χ1v) is 6.28. The summed E-state index contributed by atoms with van der Waals surface area (Å²) in [6, 6.07) is 7.96. The van der Waals surface area contributed by atoms with E-state index in [1.54, 1.807) is 0 Å². The van der Waals surface area contributed by atoms with Gasteiger partial charge in [-0.2, -0.15) is 0 Å². The highest BCUT2D eigenvalue weighted by Gasteiger charge is 2.07. The number of nitrogens with zero attached hydrogens (tertiary/aromatic N) is 1. The predicted octanol–water partition coefficient (Wildman–Crippen LogP) is 1.60. The van der Waals surface area contributed by atoms with Gasteiger partial charge in [-0.05, 0) is 46.0 Å². The molecule has 0 saturated carbocycles. The second-order valence-corrected chi connectivity index (χ2v) is 4.92. The summed E-state index contributed by atoms with van der Waals surface area (Å²) in [6.07, 6.45) is 0.897. The van der Waals surface area contributed by atoms with E-state index in [-0.39, 0.29) is 11.9 Å². The van der Waals surface area contributed by atoms with E-state index in [0.29, 0.717) is 6.54 Å². The van der Waals surface area contributed by atoms with Crippen LogP contribution in [0.2, 0.25) is 0 Å². The first-order chi connectivity index (χ1) is 8.47. The molecule has 0 spiro atoms. The minimum absolute atomic E-state index is 0.00558. The Kier molecular flexibility index (Phi) is 5.82. The molecule has 0 aliphatic rings. The maximum absolute atomic E-state index is 11.8. The molecule has 18 heavy (non-hydrogen) atoms. The van der Waals surface area contributed by atoms with Gasteiger partial charge in [0.1, 0.15) is 0 Å². The van der Waals surface area contributed by atoms with Crippen molar-refractivity contribution in [3.05, 3.63) is 29.8 Å². The average Bonchev–Trinajstić information content (AvgIpc) is 2.29. The fraction of sp³-hybridized carbons (Fsp3) is 0.500. The number of hydrogen-bond donors (Lipinski definition) is 2. The van der Waals surface area contributed by atoms with E-state index in [4.69, 9.17) is 5.73 Å². The molecule has 1 rings (SSSR count). The number of nitrogens with two attached hydrogens (primary N) is 1.